The highest BCUT2D eigenvalue weighted by atomic mass is 32.2. The molecule has 0 bridgehead atoms. The van der Waals surface area contributed by atoms with E-state index in [1.165, 1.54) is 6.33 Å². The van der Waals surface area contributed by atoms with Gasteiger partial charge in [-0.2, -0.15) is 4.31 Å². The number of fused-ring (bicyclic) bond motifs is 1. The zero-order valence-corrected chi connectivity index (χ0v) is 23.5. The lowest BCUT2D eigenvalue weighted by Crippen LogP contribution is -2.47. The second-order valence-corrected chi connectivity index (χ2v) is 12.7. The second-order valence-electron chi connectivity index (χ2n) is 10.7. The maximum absolute atomic E-state index is 13.6. The molecule has 38 heavy (non-hydrogen) atoms. The van der Waals surface area contributed by atoms with E-state index in [9.17, 15) is 13.2 Å². The third kappa shape index (κ3) is 6.63. The first-order chi connectivity index (χ1) is 18.1. The van der Waals surface area contributed by atoms with E-state index in [1.807, 2.05) is 44.9 Å². The third-order valence-corrected chi connectivity index (χ3v) is 8.43. The van der Waals surface area contributed by atoms with Crippen LogP contribution in [0.2, 0.25) is 0 Å². The molecule has 1 fully saturated rings. The van der Waals surface area contributed by atoms with E-state index in [1.54, 1.807) is 28.6 Å². The van der Waals surface area contributed by atoms with E-state index in [2.05, 4.69) is 25.6 Å². The van der Waals surface area contributed by atoms with Gasteiger partial charge in [0.25, 0.3) is 0 Å². The van der Waals surface area contributed by atoms with Gasteiger partial charge in [0.15, 0.2) is 0 Å². The number of anilines is 2. The Bertz CT molecular complexity index is 1330. The first-order valence-electron chi connectivity index (χ1n) is 13.3. The largest absolute Gasteiger partial charge is 0.375 e. The maximum Gasteiger partial charge on any atom is 0.245 e. The molecule has 1 amide bonds. The molecule has 2 aromatic heterocycles. The number of amides is 1. The molecule has 1 atom stereocenters. The Morgan fingerprint density at radius 1 is 1.13 bits per heavy atom. The monoisotopic (exact) mass is 541 g/mol. The van der Waals surface area contributed by atoms with Crippen molar-refractivity contribution in [3.05, 3.63) is 42.9 Å². The van der Waals surface area contributed by atoms with Crippen LogP contribution in [0, 0.1) is 11.8 Å². The fourth-order valence-electron chi connectivity index (χ4n) is 4.85. The minimum atomic E-state index is -3.73. The lowest BCUT2D eigenvalue weighted by Gasteiger charge is -2.33. The van der Waals surface area contributed by atoms with Crippen LogP contribution in [0.3, 0.4) is 0 Å². The predicted octanol–water partition coefficient (Wildman–Crippen LogP) is 3.78. The lowest BCUT2D eigenvalue weighted by molar-refractivity contribution is -0.130. The summed E-state index contributed by atoms with van der Waals surface area (Å²) in [5, 5.41) is 7.51. The highest BCUT2D eigenvalue weighted by Crippen LogP contribution is 2.26. The summed E-state index contributed by atoms with van der Waals surface area (Å²) in [5.41, 5.74) is 1.21. The van der Waals surface area contributed by atoms with Crippen LogP contribution in [0.4, 0.5) is 11.5 Å². The molecule has 3 aromatic rings. The molecule has 1 aliphatic rings. The van der Waals surface area contributed by atoms with Crippen molar-refractivity contribution in [3.8, 4) is 0 Å². The van der Waals surface area contributed by atoms with Crippen LogP contribution in [0.25, 0.3) is 11.0 Å². The van der Waals surface area contributed by atoms with Crippen LogP contribution in [0.5, 0.6) is 0 Å². The number of carbonyl (C=O) groups excluding carboxylic acids is 1. The van der Waals surface area contributed by atoms with Gasteiger partial charge in [-0.3, -0.25) is 4.79 Å². The highest BCUT2D eigenvalue weighted by molar-refractivity contribution is 7.89. The van der Waals surface area contributed by atoms with Gasteiger partial charge >= 0.3 is 0 Å². The van der Waals surface area contributed by atoms with Gasteiger partial charge in [0.2, 0.25) is 15.9 Å². The number of nitrogens with zero attached hydrogens (tertiary/aromatic N) is 4. The molecule has 1 aromatic carbocycles. The minimum Gasteiger partial charge on any atom is -0.375 e. The van der Waals surface area contributed by atoms with Crippen LogP contribution in [0.1, 0.15) is 40.5 Å². The number of rotatable bonds is 11. The average Bonchev–Trinajstić information content (AvgIpc) is 3.37. The summed E-state index contributed by atoms with van der Waals surface area (Å²) >= 11 is 0. The Morgan fingerprint density at radius 3 is 2.61 bits per heavy atom. The van der Waals surface area contributed by atoms with Crippen molar-refractivity contribution >= 4 is 38.5 Å². The van der Waals surface area contributed by atoms with Crippen molar-refractivity contribution in [3.63, 3.8) is 0 Å². The van der Waals surface area contributed by atoms with Gasteiger partial charge in [0.1, 0.15) is 22.7 Å². The van der Waals surface area contributed by atoms with Gasteiger partial charge in [0, 0.05) is 38.4 Å². The molecule has 4 rings (SSSR count). The number of aromatic nitrogens is 3. The summed E-state index contributed by atoms with van der Waals surface area (Å²) in [7, 11) is -3.73. The zero-order valence-electron chi connectivity index (χ0n) is 22.6. The first-order valence-corrected chi connectivity index (χ1v) is 14.7. The number of hydrogen-bond acceptors (Lipinski definition) is 7. The molecule has 0 saturated carbocycles. The van der Waals surface area contributed by atoms with E-state index in [4.69, 9.17) is 0 Å². The maximum atomic E-state index is 13.6. The van der Waals surface area contributed by atoms with Crippen LogP contribution in [-0.2, 0) is 14.8 Å². The normalized spacial score (nSPS) is 16.5. The van der Waals surface area contributed by atoms with E-state index in [0.717, 1.165) is 29.7 Å². The van der Waals surface area contributed by atoms with Crippen LogP contribution < -0.4 is 10.6 Å². The van der Waals surface area contributed by atoms with Crippen molar-refractivity contribution in [2.24, 2.45) is 11.8 Å². The van der Waals surface area contributed by atoms with Gasteiger partial charge in [-0.25, -0.2) is 18.4 Å². The SMILES string of the molecule is CC(C)CN(CC(C)C)S(=O)(=O)c1ccccc1NCC(=O)N1CCC[C@H](Nc2ncnc3[nH]ccc23)C1. The standard InChI is InChI=1S/C27H39N7O3S/c1-19(2)15-34(16-20(3)4)38(36,37)24-10-6-5-9-23(24)29-14-25(35)33-13-7-8-21(17-33)32-27-22-11-12-28-26(22)30-18-31-27/h5-6,9-12,18-21,29H,7-8,13-17H2,1-4H3,(H2,28,30,31,32)/t21-/m0/s1. The lowest BCUT2D eigenvalue weighted by atomic mass is 10.1. The molecular formula is C27H39N7O3S. The van der Waals surface area contributed by atoms with Gasteiger partial charge in [-0.05, 0) is 42.9 Å². The third-order valence-electron chi connectivity index (χ3n) is 6.54. The van der Waals surface area contributed by atoms with Crippen LogP contribution in [0.15, 0.2) is 47.8 Å². The number of benzene rings is 1. The molecule has 0 unspecified atom stereocenters. The van der Waals surface area contributed by atoms with Gasteiger partial charge in [-0.15, -0.1) is 0 Å². The number of nitrogens with one attached hydrogen (secondary N) is 3. The highest BCUT2D eigenvalue weighted by Gasteiger charge is 2.29. The number of hydrogen-bond donors (Lipinski definition) is 3. The number of H-pyrrole nitrogens is 1. The summed E-state index contributed by atoms with van der Waals surface area (Å²) in [5.74, 6) is 1.07. The Balaban J connectivity index is 1.42. The number of likely N-dealkylation sites (tertiary alicyclic amines) is 1. The Labute approximate surface area is 225 Å². The van der Waals surface area contributed by atoms with Gasteiger partial charge < -0.3 is 20.5 Å². The van der Waals surface area contributed by atoms with Crippen molar-refractivity contribution in [2.75, 3.05) is 43.4 Å². The summed E-state index contributed by atoms with van der Waals surface area (Å²) in [6.07, 6.45) is 5.15. The summed E-state index contributed by atoms with van der Waals surface area (Å²) in [6, 6.07) is 8.83. The van der Waals surface area contributed by atoms with Crippen LogP contribution >= 0.6 is 0 Å². The van der Waals surface area contributed by atoms with Crippen molar-refractivity contribution < 1.29 is 13.2 Å². The Morgan fingerprint density at radius 2 is 1.87 bits per heavy atom. The quantitative estimate of drug-likeness (QED) is 0.338. The molecule has 0 radical (unpaired) electrons. The van der Waals surface area contributed by atoms with Crippen molar-refractivity contribution in [1.29, 1.82) is 0 Å². The van der Waals surface area contributed by atoms with Crippen molar-refractivity contribution in [2.45, 2.75) is 51.5 Å². The Hall–Kier alpha value is -3.18. The number of aromatic amines is 1. The van der Waals surface area contributed by atoms with E-state index in [-0.39, 0.29) is 35.2 Å². The van der Waals surface area contributed by atoms with Crippen molar-refractivity contribution in [1.82, 2.24) is 24.2 Å². The number of para-hydroxylation sites is 1. The average molecular weight is 542 g/mol. The fraction of sp³-hybridized carbons (Fsp3) is 0.519. The van der Waals surface area contributed by atoms with E-state index >= 15 is 0 Å². The number of sulfonamides is 1. The topological polar surface area (TPSA) is 123 Å². The number of carbonyl (C=O) groups is 1. The minimum absolute atomic E-state index is 0.0170. The smallest absolute Gasteiger partial charge is 0.245 e. The summed E-state index contributed by atoms with van der Waals surface area (Å²) < 4.78 is 28.8. The molecule has 0 aliphatic carbocycles. The molecule has 10 nitrogen and oxygen atoms in total. The van der Waals surface area contributed by atoms with E-state index < -0.39 is 10.0 Å². The second kappa shape index (κ2) is 12.1. The van der Waals surface area contributed by atoms with Crippen LogP contribution in [-0.4, -0.2) is 77.2 Å². The van der Waals surface area contributed by atoms with Gasteiger partial charge in [-0.1, -0.05) is 39.8 Å². The molecule has 0 spiro atoms. The molecule has 3 heterocycles. The molecule has 206 valence electrons. The fourth-order valence-corrected chi connectivity index (χ4v) is 6.78. The molecule has 1 aliphatic heterocycles. The first kappa shape index (κ1) is 27.8. The molecule has 1 saturated heterocycles. The van der Waals surface area contributed by atoms with E-state index in [0.29, 0.717) is 31.9 Å². The predicted molar refractivity (Wildman–Crippen MR) is 150 cm³/mol. The molecule has 11 heteroatoms. The van der Waals surface area contributed by atoms with Gasteiger partial charge in [0.05, 0.1) is 17.6 Å². The molecular weight excluding hydrogens is 502 g/mol. The Kier molecular flexibility index (Phi) is 8.88. The zero-order chi connectivity index (χ0) is 27.3. The molecule has 3 N–H and O–H groups in total. The summed E-state index contributed by atoms with van der Waals surface area (Å²) in [4.78, 5) is 26.9. The number of piperidine rings is 1. The summed E-state index contributed by atoms with van der Waals surface area (Å²) in [6.45, 7) is 10.2.